The molecule has 0 aromatic heterocycles. The van der Waals surface area contributed by atoms with Crippen LogP contribution < -0.4 is 4.74 Å². The average Bonchev–Trinajstić information content (AvgIpc) is 2.37. The molecule has 0 fully saturated rings. The van der Waals surface area contributed by atoms with E-state index < -0.39 is 9.05 Å². The highest BCUT2D eigenvalue weighted by atomic mass is 35.7. The highest BCUT2D eigenvalue weighted by molar-refractivity contribution is 8.13. The molecule has 0 saturated heterocycles. The number of hydrogen-bond donors (Lipinski definition) is 0. The van der Waals surface area contributed by atoms with E-state index in [2.05, 4.69) is 0 Å². The van der Waals surface area contributed by atoms with Crippen LogP contribution in [-0.4, -0.2) is 8.42 Å². The van der Waals surface area contributed by atoms with E-state index in [0.29, 0.717) is 15.8 Å². The zero-order valence-electron chi connectivity index (χ0n) is 10.0. The summed E-state index contributed by atoms with van der Waals surface area (Å²) in [6.45, 7) is 0.253. The molecule has 0 N–H and O–H groups in total. The Kier molecular flexibility index (Phi) is 4.81. The molecule has 0 heterocycles. The summed E-state index contributed by atoms with van der Waals surface area (Å²) in [5.41, 5.74) is 0.783. The first kappa shape index (κ1) is 15.4. The summed E-state index contributed by atoms with van der Waals surface area (Å²) in [5.74, 6) is 0.514. The molecular formula is C13H9Cl3O3S. The summed E-state index contributed by atoms with van der Waals surface area (Å²) in [7, 11) is 1.50. The lowest BCUT2D eigenvalue weighted by Crippen LogP contribution is -1.97. The van der Waals surface area contributed by atoms with Crippen LogP contribution in [0.15, 0.2) is 47.4 Å². The van der Waals surface area contributed by atoms with Crippen molar-refractivity contribution in [3.05, 3.63) is 58.1 Å². The molecule has 0 saturated carbocycles. The topological polar surface area (TPSA) is 43.4 Å². The Morgan fingerprint density at radius 3 is 2.20 bits per heavy atom. The summed E-state index contributed by atoms with van der Waals surface area (Å²) in [4.78, 5) is 0.0241. The Labute approximate surface area is 131 Å². The van der Waals surface area contributed by atoms with Crippen LogP contribution in [0.2, 0.25) is 10.0 Å². The molecule has 0 atom stereocenters. The quantitative estimate of drug-likeness (QED) is 0.762. The number of halogens is 3. The molecule has 0 unspecified atom stereocenters. The molecule has 2 aromatic carbocycles. The summed E-state index contributed by atoms with van der Waals surface area (Å²) in [6, 6.07) is 10.9. The van der Waals surface area contributed by atoms with Crippen LogP contribution in [0.1, 0.15) is 5.56 Å². The van der Waals surface area contributed by atoms with Gasteiger partial charge in [0.15, 0.2) is 0 Å². The van der Waals surface area contributed by atoms with Crippen molar-refractivity contribution in [3.63, 3.8) is 0 Å². The number of benzene rings is 2. The standard InChI is InChI=1S/C13H9Cl3O3S/c14-10-2-1-9(13(15)7-10)8-19-11-3-5-12(6-4-11)20(16,17)18/h1-7H,8H2. The average molecular weight is 352 g/mol. The van der Waals surface area contributed by atoms with Crippen molar-refractivity contribution in [3.8, 4) is 5.75 Å². The lowest BCUT2D eigenvalue weighted by Gasteiger charge is -2.08. The van der Waals surface area contributed by atoms with Crippen LogP contribution >= 0.6 is 33.9 Å². The molecule has 0 aliphatic heterocycles. The van der Waals surface area contributed by atoms with E-state index in [9.17, 15) is 8.42 Å². The highest BCUT2D eigenvalue weighted by Crippen LogP contribution is 2.24. The molecule has 7 heteroatoms. The van der Waals surface area contributed by atoms with Crippen LogP contribution in [-0.2, 0) is 15.7 Å². The summed E-state index contributed by atoms with van der Waals surface area (Å²) < 4.78 is 27.7. The largest absolute Gasteiger partial charge is 0.489 e. The Morgan fingerprint density at radius 1 is 1.00 bits per heavy atom. The van der Waals surface area contributed by atoms with Gasteiger partial charge in [-0.05, 0) is 36.4 Å². The number of ether oxygens (including phenoxy) is 1. The first-order valence-corrected chi connectivity index (χ1v) is 8.54. The number of rotatable bonds is 4. The van der Waals surface area contributed by atoms with E-state index in [1.165, 1.54) is 24.3 Å². The molecule has 106 valence electrons. The monoisotopic (exact) mass is 350 g/mol. The molecule has 2 rings (SSSR count). The van der Waals surface area contributed by atoms with Crippen molar-refractivity contribution in [2.24, 2.45) is 0 Å². The van der Waals surface area contributed by atoms with Crippen molar-refractivity contribution < 1.29 is 13.2 Å². The lowest BCUT2D eigenvalue weighted by atomic mass is 10.2. The van der Waals surface area contributed by atoms with Crippen LogP contribution in [0, 0.1) is 0 Å². The summed E-state index contributed by atoms with van der Waals surface area (Å²) >= 11 is 11.8. The first-order valence-electron chi connectivity index (χ1n) is 5.48. The van der Waals surface area contributed by atoms with Gasteiger partial charge in [0, 0.05) is 26.3 Å². The van der Waals surface area contributed by atoms with Gasteiger partial charge in [-0.25, -0.2) is 8.42 Å². The van der Waals surface area contributed by atoms with Gasteiger partial charge in [-0.15, -0.1) is 0 Å². The SMILES string of the molecule is O=S(=O)(Cl)c1ccc(OCc2ccc(Cl)cc2Cl)cc1. The predicted octanol–water partition coefficient (Wildman–Crippen LogP) is 4.50. The van der Waals surface area contributed by atoms with E-state index in [-0.39, 0.29) is 11.5 Å². The van der Waals surface area contributed by atoms with Crippen molar-refractivity contribution in [2.45, 2.75) is 11.5 Å². The van der Waals surface area contributed by atoms with Crippen LogP contribution in [0.4, 0.5) is 0 Å². The van der Waals surface area contributed by atoms with Crippen LogP contribution in [0.3, 0.4) is 0 Å². The zero-order chi connectivity index (χ0) is 14.8. The van der Waals surface area contributed by atoms with Gasteiger partial charge in [0.25, 0.3) is 9.05 Å². The fraction of sp³-hybridized carbons (Fsp3) is 0.0769. The normalized spacial score (nSPS) is 11.3. The second-order valence-electron chi connectivity index (χ2n) is 3.93. The minimum Gasteiger partial charge on any atom is -0.489 e. The van der Waals surface area contributed by atoms with Gasteiger partial charge in [0.05, 0.1) is 4.90 Å². The van der Waals surface area contributed by atoms with E-state index in [1.54, 1.807) is 18.2 Å². The highest BCUT2D eigenvalue weighted by Gasteiger charge is 2.09. The third kappa shape index (κ3) is 4.03. The molecule has 20 heavy (non-hydrogen) atoms. The maximum Gasteiger partial charge on any atom is 0.261 e. The maximum atomic E-state index is 11.1. The third-order valence-electron chi connectivity index (χ3n) is 2.51. The minimum atomic E-state index is -3.72. The second kappa shape index (κ2) is 6.22. The Hall–Kier alpha value is -0.940. The predicted molar refractivity (Wildman–Crippen MR) is 80.3 cm³/mol. The van der Waals surface area contributed by atoms with Gasteiger partial charge in [0.1, 0.15) is 12.4 Å². The van der Waals surface area contributed by atoms with Crippen molar-refractivity contribution in [1.29, 1.82) is 0 Å². The first-order chi connectivity index (χ1) is 9.36. The molecule has 0 aliphatic rings. The Balaban J connectivity index is 2.08. The second-order valence-corrected chi connectivity index (χ2v) is 7.34. The summed E-state index contributed by atoms with van der Waals surface area (Å²) in [6.07, 6.45) is 0. The van der Waals surface area contributed by atoms with Gasteiger partial charge in [-0.3, -0.25) is 0 Å². The molecule has 0 aliphatic carbocycles. The van der Waals surface area contributed by atoms with Crippen LogP contribution in [0.25, 0.3) is 0 Å². The zero-order valence-corrected chi connectivity index (χ0v) is 13.1. The third-order valence-corrected chi connectivity index (χ3v) is 4.47. The van der Waals surface area contributed by atoms with Gasteiger partial charge >= 0.3 is 0 Å². The van der Waals surface area contributed by atoms with Gasteiger partial charge in [0.2, 0.25) is 0 Å². The van der Waals surface area contributed by atoms with Crippen molar-refractivity contribution in [1.82, 2.24) is 0 Å². The van der Waals surface area contributed by atoms with E-state index in [4.69, 9.17) is 38.6 Å². The molecule has 0 spiro atoms. The molecule has 0 radical (unpaired) electrons. The Bertz CT molecular complexity index is 712. The van der Waals surface area contributed by atoms with Gasteiger partial charge < -0.3 is 4.74 Å². The Morgan fingerprint density at radius 2 is 1.65 bits per heavy atom. The maximum absolute atomic E-state index is 11.1. The molecule has 0 bridgehead atoms. The molecule has 0 amide bonds. The fourth-order valence-corrected chi connectivity index (χ4v) is 2.73. The van der Waals surface area contributed by atoms with E-state index in [1.807, 2.05) is 0 Å². The smallest absolute Gasteiger partial charge is 0.261 e. The van der Waals surface area contributed by atoms with Gasteiger partial charge in [-0.2, -0.15) is 0 Å². The minimum absolute atomic E-state index is 0.0241. The molecule has 2 aromatic rings. The van der Waals surface area contributed by atoms with E-state index in [0.717, 1.165) is 5.56 Å². The summed E-state index contributed by atoms with van der Waals surface area (Å²) in [5, 5.41) is 1.06. The number of hydrogen-bond acceptors (Lipinski definition) is 3. The molecule has 3 nitrogen and oxygen atoms in total. The van der Waals surface area contributed by atoms with Crippen LogP contribution in [0.5, 0.6) is 5.75 Å². The van der Waals surface area contributed by atoms with Crippen molar-refractivity contribution >= 4 is 42.9 Å². The van der Waals surface area contributed by atoms with E-state index >= 15 is 0 Å². The van der Waals surface area contributed by atoms with Crippen molar-refractivity contribution in [2.75, 3.05) is 0 Å². The molecular weight excluding hydrogens is 343 g/mol. The lowest BCUT2D eigenvalue weighted by molar-refractivity contribution is 0.306. The fourth-order valence-electron chi connectivity index (χ4n) is 1.50. The van der Waals surface area contributed by atoms with Gasteiger partial charge in [-0.1, -0.05) is 29.3 Å².